The standard InChI is InChI=1S/C20H23ClF3N9O/c1-12(17(34)25-2)11-32(3)19-31-30-16(13-4-5-15(21)28-10-13)33(19)9-8-27-18-26-7-6-14(29-18)20(22,23)24/h4-7,10,12H,8-9,11H2,1-3H3,(H,25,34)(H,26,27,29). The van der Waals surface area contributed by atoms with E-state index in [0.29, 0.717) is 29.0 Å². The Labute approximate surface area is 198 Å². The van der Waals surface area contributed by atoms with Crippen LogP contribution < -0.4 is 15.5 Å². The SMILES string of the molecule is CNC(=O)C(C)CN(C)c1nnc(-c2ccc(Cl)nc2)n1CCNc1nccc(C(F)(F)F)n1. The van der Waals surface area contributed by atoms with Crippen LogP contribution in [0.25, 0.3) is 11.4 Å². The highest BCUT2D eigenvalue weighted by molar-refractivity contribution is 6.29. The van der Waals surface area contributed by atoms with Gasteiger partial charge < -0.3 is 15.5 Å². The summed E-state index contributed by atoms with van der Waals surface area (Å²) < 4.78 is 40.5. The molecule has 34 heavy (non-hydrogen) atoms. The van der Waals surface area contributed by atoms with Crippen molar-refractivity contribution < 1.29 is 18.0 Å². The third-order valence-corrected chi connectivity index (χ3v) is 5.09. The smallest absolute Gasteiger partial charge is 0.359 e. The zero-order chi connectivity index (χ0) is 24.9. The predicted octanol–water partition coefficient (Wildman–Crippen LogP) is 2.73. The van der Waals surface area contributed by atoms with Gasteiger partial charge in [0.1, 0.15) is 10.8 Å². The van der Waals surface area contributed by atoms with Crippen LogP contribution in [-0.2, 0) is 17.5 Å². The summed E-state index contributed by atoms with van der Waals surface area (Å²) >= 11 is 5.89. The highest BCUT2D eigenvalue weighted by Gasteiger charge is 2.32. The molecule has 1 unspecified atom stereocenters. The van der Waals surface area contributed by atoms with Crippen LogP contribution in [0.4, 0.5) is 25.1 Å². The molecule has 0 aliphatic rings. The predicted molar refractivity (Wildman–Crippen MR) is 120 cm³/mol. The highest BCUT2D eigenvalue weighted by atomic mass is 35.5. The Balaban J connectivity index is 1.83. The van der Waals surface area contributed by atoms with Crippen LogP contribution in [0.1, 0.15) is 12.6 Å². The van der Waals surface area contributed by atoms with E-state index in [4.69, 9.17) is 11.6 Å². The molecule has 14 heteroatoms. The van der Waals surface area contributed by atoms with E-state index in [1.807, 2.05) is 0 Å². The number of nitrogens with one attached hydrogen (secondary N) is 2. The van der Waals surface area contributed by atoms with Crippen LogP contribution in [0.2, 0.25) is 5.15 Å². The molecule has 3 aromatic rings. The van der Waals surface area contributed by atoms with Gasteiger partial charge >= 0.3 is 6.18 Å². The molecule has 0 bridgehead atoms. The van der Waals surface area contributed by atoms with Crippen molar-refractivity contribution in [3.63, 3.8) is 0 Å². The van der Waals surface area contributed by atoms with Gasteiger partial charge in [-0.05, 0) is 18.2 Å². The lowest BCUT2D eigenvalue weighted by Crippen LogP contribution is -2.35. The van der Waals surface area contributed by atoms with Gasteiger partial charge in [0.15, 0.2) is 5.82 Å². The second-order valence-corrected chi connectivity index (χ2v) is 7.82. The van der Waals surface area contributed by atoms with Gasteiger partial charge in [0.2, 0.25) is 17.8 Å². The summed E-state index contributed by atoms with van der Waals surface area (Å²) in [6, 6.07) is 4.15. The van der Waals surface area contributed by atoms with Crippen LogP contribution in [-0.4, -0.2) is 62.8 Å². The maximum atomic E-state index is 12.9. The fourth-order valence-electron chi connectivity index (χ4n) is 3.21. The number of pyridine rings is 1. The molecule has 3 rings (SSSR count). The first-order valence-electron chi connectivity index (χ1n) is 10.2. The van der Waals surface area contributed by atoms with Gasteiger partial charge in [-0.1, -0.05) is 18.5 Å². The summed E-state index contributed by atoms with van der Waals surface area (Å²) in [6.07, 6.45) is -1.98. The largest absolute Gasteiger partial charge is 0.433 e. The molecule has 0 spiro atoms. The molecule has 182 valence electrons. The summed E-state index contributed by atoms with van der Waals surface area (Å²) in [5, 5.41) is 14.2. The number of aromatic nitrogens is 6. The molecular formula is C20H23ClF3N9O. The third-order valence-electron chi connectivity index (χ3n) is 4.86. The van der Waals surface area contributed by atoms with E-state index in [1.54, 1.807) is 48.8 Å². The van der Waals surface area contributed by atoms with Gasteiger partial charge in [0.25, 0.3) is 0 Å². The van der Waals surface area contributed by atoms with Crippen LogP contribution in [0.15, 0.2) is 30.6 Å². The Hall–Kier alpha value is -3.48. The van der Waals surface area contributed by atoms with E-state index in [1.165, 1.54) is 0 Å². The molecule has 3 aromatic heterocycles. The molecule has 0 radical (unpaired) electrons. The number of anilines is 2. The quantitative estimate of drug-likeness (QED) is 0.434. The number of rotatable bonds is 9. The molecule has 0 aliphatic carbocycles. The first kappa shape index (κ1) is 25.1. The van der Waals surface area contributed by atoms with Crippen molar-refractivity contribution in [1.29, 1.82) is 0 Å². The zero-order valence-electron chi connectivity index (χ0n) is 18.6. The number of hydrogen-bond acceptors (Lipinski definition) is 8. The Bertz CT molecular complexity index is 1120. The van der Waals surface area contributed by atoms with Gasteiger partial charge in [0.05, 0.1) is 5.92 Å². The maximum Gasteiger partial charge on any atom is 0.433 e. The molecule has 2 N–H and O–H groups in total. The van der Waals surface area contributed by atoms with E-state index in [2.05, 4.69) is 35.8 Å². The van der Waals surface area contributed by atoms with Gasteiger partial charge in [0, 0.05) is 51.7 Å². The first-order valence-corrected chi connectivity index (χ1v) is 10.6. The van der Waals surface area contributed by atoms with Crippen LogP contribution in [0, 0.1) is 5.92 Å². The average molecular weight is 498 g/mol. The number of nitrogens with zero attached hydrogens (tertiary/aromatic N) is 7. The Morgan fingerprint density at radius 3 is 2.65 bits per heavy atom. The van der Waals surface area contributed by atoms with E-state index in [9.17, 15) is 18.0 Å². The normalized spacial score (nSPS) is 12.3. The number of hydrogen-bond donors (Lipinski definition) is 2. The van der Waals surface area contributed by atoms with Crippen molar-refractivity contribution >= 4 is 29.4 Å². The van der Waals surface area contributed by atoms with E-state index in [-0.39, 0.29) is 30.9 Å². The molecule has 1 amide bonds. The lowest BCUT2D eigenvalue weighted by molar-refractivity contribution is -0.141. The van der Waals surface area contributed by atoms with Crippen LogP contribution in [0.3, 0.4) is 0 Å². The molecule has 0 aromatic carbocycles. The maximum absolute atomic E-state index is 12.9. The number of amides is 1. The molecular weight excluding hydrogens is 475 g/mol. The van der Waals surface area contributed by atoms with Gasteiger partial charge in [-0.25, -0.2) is 15.0 Å². The summed E-state index contributed by atoms with van der Waals surface area (Å²) in [6.45, 7) is 2.59. The van der Waals surface area contributed by atoms with E-state index < -0.39 is 11.9 Å². The summed E-state index contributed by atoms with van der Waals surface area (Å²) in [4.78, 5) is 25.1. The summed E-state index contributed by atoms with van der Waals surface area (Å²) in [5.41, 5.74) is -0.392. The number of carbonyl (C=O) groups excluding carboxylic acids is 1. The molecule has 0 saturated carbocycles. The topological polar surface area (TPSA) is 114 Å². The Kier molecular flexibility index (Phi) is 7.87. The monoisotopic (exact) mass is 497 g/mol. The third kappa shape index (κ3) is 6.10. The highest BCUT2D eigenvalue weighted by Crippen LogP contribution is 2.27. The minimum Gasteiger partial charge on any atom is -0.359 e. The van der Waals surface area contributed by atoms with Crippen molar-refractivity contribution in [3.05, 3.63) is 41.4 Å². The van der Waals surface area contributed by atoms with Crippen molar-refractivity contribution in [2.24, 2.45) is 5.92 Å². The van der Waals surface area contributed by atoms with Gasteiger partial charge in [-0.15, -0.1) is 10.2 Å². The fraction of sp³-hybridized carbons (Fsp3) is 0.400. The Morgan fingerprint density at radius 1 is 1.24 bits per heavy atom. The summed E-state index contributed by atoms with van der Waals surface area (Å²) in [7, 11) is 3.34. The number of halogens is 4. The summed E-state index contributed by atoms with van der Waals surface area (Å²) in [5.74, 6) is 0.347. The first-order chi connectivity index (χ1) is 16.1. The minimum absolute atomic E-state index is 0.122. The fourth-order valence-corrected chi connectivity index (χ4v) is 3.32. The lowest BCUT2D eigenvalue weighted by atomic mass is 10.1. The van der Waals surface area contributed by atoms with Crippen molar-refractivity contribution in [2.45, 2.75) is 19.6 Å². The molecule has 0 saturated heterocycles. The van der Waals surface area contributed by atoms with E-state index in [0.717, 1.165) is 12.3 Å². The zero-order valence-corrected chi connectivity index (χ0v) is 19.4. The minimum atomic E-state index is -4.57. The molecule has 0 fully saturated rings. The second kappa shape index (κ2) is 10.6. The number of carbonyl (C=O) groups is 1. The lowest BCUT2D eigenvalue weighted by Gasteiger charge is -2.22. The van der Waals surface area contributed by atoms with Crippen molar-refractivity contribution in [3.8, 4) is 11.4 Å². The molecule has 10 nitrogen and oxygen atoms in total. The van der Waals surface area contributed by atoms with E-state index >= 15 is 0 Å². The Morgan fingerprint density at radius 2 is 2.00 bits per heavy atom. The average Bonchev–Trinajstić information content (AvgIpc) is 3.22. The molecule has 1 atom stereocenters. The molecule has 3 heterocycles. The van der Waals surface area contributed by atoms with Crippen LogP contribution in [0.5, 0.6) is 0 Å². The van der Waals surface area contributed by atoms with Crippen molar-refractivity contribution in [1.82, 2.24) is 35.0 Å². The van der Waals surface area contributed by atoms with Crippen LogP contribution >= 0.6 is 11.6 Å². The van der Waals surface area contributed by atoms with Gasteiger partial charge in [-0.2, -0.15) is 13.2 Å². The molecule has 0 aliphatic heterocycles. The van der Waals surface area contributed by atoms with Crippen molar-refractivity contribution in [2.75, 3.05) is 37.4 Å². The second-order valence-electron chi connectivity index (χ2n) is 7.43. The number of alkyl halides is 3. The van der Waals surface area contributed by atoms with Gasteiger partial charge in [-0.3, -0.25) is 9.36 Å².